The lowest BCUT2D eigenvalue weighted by molar-refractivity contribution is -0.332. The van der Waals surface area contributed by atoms with Gasteiger partial charge in [-0.1, -0.05) is 41.5 Å². The molecule has 4 rings (SSSR count). The van der Waals surface area contributed by atoms with E-state index < -0.39 is 70.0 Å². The molecular formula is C29H45NO8. The quantitative estimate of drug-likeness (QED) is 0.365. The number of fused-ring (bicyclic) bond motifs is 5. The topological polar surface area (TPSA) is 145 Å². The molecule has 1 saturated heterocycles. The van der Waals surface area contributed by atoms with Gasteiger partial charge in [-0.15, -0.1) is 0 Å². The van der Waals surface area contributed by atoms with Gasteiger partial charge >= 0.3 is 11.9 Å². The number of rotatable bonds is 4. The molecule has 9 heteroatoms. The molecule has 2 saturated carbocycles. The number of aliphatic hydroxyl groups is 2. The Morgan fingerprint density at radius 1 is 1.18 bits per heavy atom. The molecule has 0 aromatic rings. The normalized spacial score (nSPS) is 45.4. The van der Waals surface area contributed by atoms with Crippen LogP contribution in [0.1, 0.15) is 75.2 Å². The van der Waals surface area contributed by atoms with E-state index >= 15 is 0 Å². The molecule has 0 amide bonds. The summed E-state index contributed by atoms with van der Waals surface area (Å²) < 4.78 is 17.8. The van der Waals surface area contributed by atoms with E-state index in [-0.39, 0.29) is 30.8 Å². The number of Topliss-reactive ketones (excluding diaryl/α,β-unsaturated/α-hetero) is 1. The monoisotopic (exact) mass is 535 g/mol. The highest BCUT2D eigenvalue weighted by Gasteiger charge is 2.74. The maximum atomic E-state index is 14.6. The SMILES string of the molecule is CC(=O)OC12COC1C[C@H](C)[C@@]1(C)C(=O)[C@H](C)C3=C(C)C(OC(=O)C(O)C(C)N)CC(O)([C@@H](C)C21)C3(C)C. The standard InChI is InChI=1S/C29H45NO8/c1-13-10-20-28(12-36-20,38-18(6)31)23-16(4)29(35)11-19(37-25(34)22(32)17(5)30)14(2)21(26(29,7)8)15(3)24(33)27(13,23)9/h13,15-17,19-20,22-23,32,35H,10-12,30H2,1-9H3/t13-,15+,16-,17?,19?,20?,22?,23?,27+,28?,29?/m0/s1. The summed E-state index contributed by atoms with van der Waals surface area (Å²) in [6.45, 7) is 16.5. The van der Waals surface area contributed by atoms with Gasteiger partial charge in [0.05, 0.1) is 12.2 Å². The number of ether oxygens (including phenoxy) is 3. The molecule has 2 bridgehead atoms. The highest BCUT2D eigenvalue weighted by molar-refractivity contribution is 5.91. The van der Waals surface area contributed by atoms with Crippen LogP contribution >= 0.6 is 0 Å². The maximum Gasteiger partial charge on any atom is 0.337 e. The van der Waals surface area contributed by atoms with Gasteiger partial charge in [0.1, 0.15) is 18.0 Å². The molecule has 0 spiro atoms. The van der Waals surface area contributed by atoms with Gasteiger partial charge in [0.2, 0.25) is 0 Å². The van der Waals surface area contributed by atoms with Gasteiger partial charge in [-0.25, -0.2) is 4.79 Å². The minimum absolute atomic E-state index is 0.0193. The molecule has 1 aliphatic heterocycles. The Morgan fingerprint density at radius 3 is 2.29 bits per heavy atom. The largest absolute Gasteiger partial charge is 0.456 e. The van der Waals surface area contributed by atoms with Crippen LogP contribution in [0, 0.1) is 34.5 Å². The third-order valence-corrected chi connectivity index (χ3v) is 10.9. The second kappa shape index (κ2) is 9.11. The Balaban J connectivity index is 1.93. The highest BCUT2D eigenvalue weighted by atomic mass is 16.6. The van der Waals surface area contributed by atoms with Crippen LogP contribution in [0.5, 0.6) is 0 Å². The number of carbonyl (C=O) groups excluding carboxylic acids is 3. The lowest BCUT2D eigenvalue weighted by Crippen LogP contribution is -2.78. The average Bonchev–Trinajstić information content (AvgIpc) is 2.81. The number of esters is 2. The molecule has 0 aromatic heterocycles. The van der Waals surface area contributed by atoms with E-state index in [0.717, 1.165) is 5.57 Å². The third kappa shape index (κ3) is 3.68. The van der Waals surface area contributed by atoms with Crippen molar-refractivity contribution in [3.8, 4) is 0 Å². The maximum absolute atomic E-state index is 14.6. The number of hydrogen-bond acceptors (Lipinski definition) is 9. The first-order chi connectivity index (χ1) is 17.4. The molecule has 9 nitrogen and oxygen atoms in total. The molecule has 214 valence electrons. The number of carbonyl (C=O) groups is 3. The number of nitrogens with two attached hydrogens (primary N) is 1. The summed E-state index contributed by atoms with van der Waals surface area (Å²) in [6.07, 6.45) is -2.10. The number of aliphatic hydroxyl groups excluding tert-OH is 1. The second-order valence-corrected chi connectivity index (χ2v) is 13.2. The zero-order valence-electron chi connectivity index (χ0n) is 24.2. The van der Waals surface area contributed by atoms with E-state index in [1.54, 1.807) is 0 Å². The Kier molecular flexibility index (Phi) is 7.00. The molecule has 4 N–H and O–H groups in total. The number of hydrogen-bond donors (Lipinski definition) is 3. The molecule has 3 fully saturated rings. The summed E-state index contributed by atoms with van der Waals surface area (Å²) >= 11 is 0. The summed E-state index contributed by atoms with van der Waals surface area (Å²) in [5, 5.41) is 23.0. The van der Waals surface area contributed by atoms with Crippen LogP contribution in [0.25, 0.3) is 0 Å². The molecule has 38 heavy (non-hydrogen) atoms. The van der Waals surface area contributed by atoms with Gasteiger partial charge < -0.3 is 30.2 Å². The average molecular weight is 536 g/mol. The van der Waals surface area contributed by atoms with E-state index in [0.29, 0.717) is 12.0 Å². The smallest absolute Gasteiger partial charge is 0.337 e. The fourth-order valence-electron chi connectivity index (χ4n) is 8.72. The predicted molar refractivity (Wildman–Crippen MR) is 139 cm³/mol. The summed E-state index contributed by atoms with van der Waals surface area (Å²) in [4.78, 5) is 39.8. The molecule has 1 heterocycles. The van der Waals surface area contributed by atoms with Crippen molar-refractivity contribution in [1.82, 2.24) is 0 Å². The Hall–Kier alpha value is -1.81. The van der Waals surface area contributed by atoms with E-state index in [9.17, 15) is 24.6 Å². The first kappa shape index (κ1) is 29.2. The first-order valence-electron chi connectivity index (χ1n) is 13.8. The summed E-state index contributed by atoms with van der Waals surface area (Å²) in [6, 6.07) is -0.827. The molecule has 4 aliphatic rings. The van der Waals surface area contributed by atoms with Gasteiger partial charge in [-0.3, -0.25) is 9.59 Å². The minimum atomic E-state index is -1.51. The molecule has 11 atom stereocenters. The van der Waals surface area contributed by atoms with E-state index in [2.05, 4.69) is 0 Å². The van der Waals surface area contributed by atoms with Crippen molar-refractivity contribution >= 4 is 17.7 Å². The van der Waals surface area contributed by atoms with Gasteiger partial charge in [0.25, 0.3) is 0 Å². The molecule has 7 unspecified atom stereocenters. The van der Waals surface area contributed by atoms with Crippen molar-refractivity contribution < 1.29 is 38.8 Å². The lowest BCUT2D eigenvalue weighted by Gasteiger charge is -2.68. The van der Waals surface area contributed by atoms with Crippen LogP contribution in [0.15, 0.2) is 11.1 Å². The van der Waals surface area contributed by atoms with Gasteiger partial charge in [-0.2, -0.15) is 0 Å². The summed E-state index contributed by atoms with van der Waals surface area (Å²) in [5.41, 5.74) is 2.92. The van der Waals surface area contributed by atoms with Crippen molar-refractivity contribution in [2.24, 2.45) is 40.2 Å². The summed E-state index contributed by atoms with van der Waals surface area (Å²) in [7, 11) is 0. The first-order valence-corrected chi connectivity index (χ1v) is 13.8. The minimum Gasteiger partial charge on any atom is -0.456 e. The van der Waals surface area contributed by atoms with Crippen molar-refractivity contribution in [1.29, 1.82) is 0 Å². The Bertz CT molecular complexity index is 1070. The Morgan fingerprint density at radius 2 is 1.79 bits per heavy atom. The molecular weight excluding hydrogens is 490 g/mol. The van der Waals surface area contributed by atoms with Gasteiger partial charge in [-0.05, 0) is 43.3 Å². The van der Waals surface area contributed by atoms with Crippen molar-refractivity contribution in [2.75, 3.05) is 6.61 Å². The van der Waals surface area contributed by atoms with Crippen molar-refractivity contribution in [3.63, 3.8) is 0 Å². The fourth-order valence-corrected chi connectivity index (χ4v) is 8.72. The highest BCUT2D eigenvalue weighted by Crippen LogP contribution is 2.67. The lowest BCUT2D eigenvalue weighted by atomic mass is 9.40. The van der Waals surface area contributed by atoms with Crippen LogP contribution in [-0.4, -0.2) is 70.1 Å². The fraction of sp³-hybridized carbons (Fsp3) is 0.828. The predicted octanol–water partition coefficient (Wildman–Crippen LogP) is 2.30. The third-order valence-electron chi connectivity index (χ3n) is 10.9. The van der Waals surface area contributed by atoms with Crippen LogP contribution in [0.3, 0.4) is 0 Å². The van der Waals surface area contributed by atoms with Gasteiger partial charge in [0, 0.05) is 42.1 Å². The zero-order valence-corrected chi connectivity index (χ0v) is 24.2. The number of ketones is 1. The zero-order chi connectivity index (χ0) is 28.7. The Labute approximate surface area is 225 Å². The molecule has 0 radical (unpaired) electrons. The van der Waals surface area contributed by atoms with Crippen molar-refractivity contribution in [3.05, 3.63) is 11.1 Å². The van der Waals surface area contributed by atoms with E-state index in [1.165, 1.54) is 13.8 Å². The van der Waals surface area contributed by atoms with Gasteiger partial charge in [0.15, 0.2) is 11.7 Å². The second-order valence-electron chi connectivity index (χ2n) is 13.2. The van der Waals surface area contributed by atoms with E-state index in [1.807, 2.05) is 48.5 Å². The molecule has 3 aliphatic carbocycles. The van der Waals surface area contributed by atoms with Crippen LogP contribution in [0.2, 0.25) is 0 Å². The van der Waals surface area contributed by atoms with E-state index in [4.69, 9.17) is 19.9 Å². The van der Waals surface area contributed by atoms with Crippen molar-refractivity contribution in [2.45, 2.75) is 111 Å². The summed E-state index contributed by atoms with van der Waals surface area (Å²) in [5.74, 6) is -3.05. The van der Waals surface area contributed by atoms with Crippen LogP contribution in [0.4, 0.5) is 0 Å². The molecule has 0 aromatic carbocycles. The van der Waals surface area contributed by atoms with Crippen LogP contribution < -0.4 is 5.73 Å². The van der Waals surface area contributed by atoms with Crippen LogP contribution in [-0.2, 0) is 28.6 Å².